The average Bonchev–Trinajstić information content (AvgIpc) is 2.29. The fourth-order valence-electron chi connectivity index (χ4n) is 1.46. The van der Waals surface area contributed by atoms with Gasteiger partial charge in [0.2, 0.25) is 5.95 Å². The van der Waals surface area contributed by atoms with Crippen LogP contribution in [0, 0.1) is 5.92 Å². The van der Waals surface area contributed by atoms with E-state index in [-0.39, 0.29) is 5.95 Å². The van der Waals surface area contributed by atoms with Crippen molar-refractivity contribution in [1.29, 1.82) is 0 Å². The van der Waals surface area contributed by atoms with Crippen LogP contribution < -0.4 is 10.6 Å². The summed E-state index contributed by atoms with van der Waals surface area (Å²) in [5.41, 5.74) is 5.58. The lowest BCUT2D eigenvalue weighted by Gasteiger charge is -2.25. The summed E-state index contributed by atoms with van der Waals surface area (Å²) in [6.45, 7) is 8.26. The molecule has 90 valence electrons. The molecule has 0 spiro atoms. The monoisotopic (exact) mass is 242 g/mol. The Balaban J connectivity index is 2.89. The largest absolute Gasteiger partial charge is 0.368 e. The van der Waals surface area contributed by atoms with E-state index in [1.165, 1.54) is 0 Å². The number of nitrogens with two attached hydrogens (primary N) is 1. The summed E-state index contributed by atoms with van der Waals surface area (Å²) in [7, 11) is 0. The van der Waals surface area contributed by atoms with Gasteiger partial charge in [-0.1, -0.05) is 31.9 Å². The molecule has 0 aromatic carbocycles. The van der Waals surface area contributed by atoms with Gasteiger partial charge in [-0.15, -0.1) is 0 Å². The van der Waals surface area contributed by atoms with Crippen LogP contribution >= 0.6 is 11.6 Å². The molecule has 0 aliphatic rings. The van der Waals surface area contributed by atoms with E-state index in [0.29, 0.717) is 10.9 Å². The molecular weight excluding hydrogens is 224 g/mol. The van der Waals surface area contributed by atoms with Crippen LogP contribution in [-0.2, 0) is 0 Å². The van der Waals surface area contributed by atoms with Crippen molar-refractivity contribution in [1.82, 2.24) is 9.97 Å². The van der Waals surface area contributed by atoms with Gasteiger partial charge in [-0.05, 0) is 12.8 Å². The van der Waals surface area contributed by atoms with Gasteiger partial charge in [-0.2, -0.15) is 4.98 Å². The molecular formula is C11H19ClN4. The van der Waals surface area contributed by atoms with Crippen molar-refractivity contribution in [3.8, 4) is 0 Å². The molecule has 16 heavy (non-hydrogen) atoms. The fourth-order valence-corrected chi connectivity index (χ4v) is 1.67. The normalized spacial score (nSPS) is 12.5. The molecule has 0 amide bonds. The van der Waals surface area contributed by atoms with Gasteiger partial charge in [0.15, 0.2) is 5.82 Å². The molecule has 1 rings (SSSR count). The summed E-state index contributed by atoms with van der Waals surface area (Å²) >= 11 is 6.07. The summed E-state index contributed by atoms with van der Waals surface area (Å²) in [5, 5.41) is 0.555. The highest BCUT2D eigenvalue weighted by Crippen LogP contribution is 2.24. The minimum absolute atomic E-state index is 0.266. The highest BCUT2D eigenvalue weighted by atomic mass is 35.5. The molecule has 1 heterocycles. The van der Waals surface area contributed by atoms with Crippen molar-refractivity contribution in [2.75, 3.05) is 23.7 Å². The van der Waals surface area contributed by atoms with Gasteiger partial charge in [0.05, 0.1) is 6.20 Å². The van der Waals surface area contributed by atoms with Crippen LogP contribution in [0.25, 0.3) is 0 Å². The summed E-state index contributed by atoms with van der Waals surface area (Å²) in [6.07, 6.45) is 2.69. The predicted molar refractivity (Wildman–Crippen MR) is 68.8 cm³/mol. The Morgan fingerprint density at radius 3 is 2.75 bits per heavy atom. The Hall–Kier alpha value is -1.03. The molecule has 0 saturated heterocycles. The lowest BCUT2D eigenvalue weighted by atomic mass is 10.1. The second kappa shape index (κ2) is 5.89. The van der Waals surface area contributed by atoms with Crippen LogP contribution in [-0.4, -0.2) is 23.1 Å². The van der Waals surface area contributed by atoms with Crippen LogP contribution in [0.1, 0.15) is 27.2 Å². The van der Waals surface area contributed by atoms with Crippen molar-refractivity contribution in [2.45, 2.75) is 27.2 Å². The van der Waals surface area contributed by atoms with Crippen molar-refractivity contribution in [2.24, 2.45) is 5.92 Å². The number of nitrogen functional groups attached to an aromatic ring is 1. The van der Waals surface area contributed by atoms with E-state index >= 15 is 0 Å². The highest BCUT2D eigenvalue weighted by molar-refractivity contribution is 6.32. The Labute approximate surface area is 102 Å². The number of halogens is 1. The zero-order valence-electron chi connectivity index (χ0n) is 10.1. The van der Waals surface area contributed by atoms with Gasteiger partial charge < -0.3 is 10.6 Å². The number of nitrogens with zero attached hydrogens (tertiary/aromatic N) is 3. The Morgan fingerprint density at radius 1 is 1.50 bits per heavy atom. The second-order valence-corrected chi connectivity index (χ2v) is 4.36. The number of aromatic nitrogens is 2. The third-order valence-electron chi connectivity index (χ3n) is 2.65. The van der Waals surface area contributed by atoms with Crippen LogP contribution in [0.15, 0.2) is 6.20 Å². The molecule has 0 radical (unpaired) electrons. The first kappa shape index (κ1) is 13.0. The maximum Gasteiger partial charge on any atom is 0.222 e. The first-order valence-electron chi connectivity index (χ1n) is 5.61. The Kier molecular flexibility index (Phi) is 4.80. The average molecular weight is 243 g/mol. The summed E-state index contributed by atoms with van der Waals surface area (Å²) in [6, 6.07) is 0. The van der Waals surface area contributed by atoms with Crippen molar-refractivity contribution < 1.29 is 0 Å². The van der Waals surface area contributed by atoms with Crippen molar-refractivity contribution in [3.05, 3.63) is 11.2 Å². The molecule has 4 nitrogen and oxygen atoms in total. The molecule has 5 heteroatoms. The summed E-state index contributed by atoms with van der Waals surface area (Å²) < 4.78 is 0. The van der Waals surface area contributed by atoms with Crippen LogP contribution in [0.3, 0.4) is 0 Å². The van der Waals surface area contributed by atoms with Gasteiger partial charge in [0.1, 0.15) is 5.02 Å². The zero-order chi connectivity index (χ0) is 12.1. The minimum Gasteiger partial charge on any atom is -0.368 e. The van der Waals surface area contributed by atoms with Crippen LogP contribution in [0.2, 0.25) is 5.02 Å². The molecule has 1 aromatic heterocycles. The molecule has 1 unspecified atom stereocenters. The molecule has 0 aliphatic heterocycles. The van der Waals surface area contributed by atoms with Gasteiger partial charge in [-0.25, -0.2) is 4.98 Å². The lowest BCUT2D eigenvalue weighted by Crippen LogP contribution is -2.29. The quantitative estimate of drug-likeness (QED) is 0.862. The smallest absolute Gasteiger partial charge is 0.222 e. The second-order valence-electron chi connectivity index (χ2n) is 3.95. The van der Waals surface area contributed by atoms with E-state index in [0.717, 1.165) is 25.3 Å². The van der Waals surface area contributed by atoms with E-state index in [9.17, 15) is 0 Å². The lowest BCUT2D eigenvalue weighted by molar-refractivity contribution is 0.545. The molecule has 2 N–H and O–H groups in total. The maximum atomic E-state index is 6.07. The molecule has 0 aliphatic carbocycles. The molecule has 0 fully saturated rings. The SMILES string of the molecule is CCC(C)CN(CC)c1nc(N)ncc1Cl. The third-order valence-corrected chi connectivity index (χ3v) is 2.92. The highest BCUT2D eigenvalue weighted by Gasteiger charge is 2.13. The summed E-state index contributed by atoms with van der Waals surface area (Å²) in [4.78, 5) is 10.2. The molecule has 1 atom stereocenters. The number of hydrogen-bond acceptors (Lipinski definition) is 4. The van der Waals surface area contributed by atoms with Crippen LogP contribution in [0.4, 0.5) is 11.8 Å². The van der Waals surface area contributed by atoms with Crippen LogP contribution in [0.5, 0.6) is 0 Å². The Morgan fingerprint density at radius 2 is 2.19 bits per heavy atom. The Bertz CT molecular complexity index is 343. The third kappa shape index (κ3) is 3.23. The molecule has 0 saturated carbocycles. The van der Waals surface area contributed by atoms with Gasteiger partial charge in [0.25, 0.3) is 0 Å². The van der Waals surface area contributed by atoms with Gasteiger partial charge >= 0.3 is 0 Å². The topological polar surface area (TPSA) is 55.0 Å². The number of rotatable bonds is 5. The fraction of sp³-hybridized carbons (Fsp3) is 0.636. The summed E-state index contributed by atoms with van der Waals surface area (Å²) in [5.74, 6) is 1.60. The van der Waals surface area contributed by atoms with E-state index in [4.69, 9.17) is 17.3 Å². The number of anilines is 2. The van der Waals surface area contributed by atoms with E-state index < -0.39 is 0 Å². The first-order valence-corrected chi connectivity index (χ1v) is 5.99. The van der Waals surface area contributed by atoms with E-state index in [1.807, 2.05) is 0 Å². The van der Waals surface area contributed by atoms with Gasteiger partial charge in [-0.3, -0.25) is 0 Å². The number of hydrogen-bond donors (Lipinski definition) is 1. The molecule has 0 bridgehead atoms. The van der Waals surface area contributed by atoms with E-state index in [2.05, 4.69) is 35.6 Å². The standard InChI is InChI=1S/C11H19ClN4/c1-4-8(3)7-16(5-2)10-9(12)6-14-11(13)15-10/h6,8H,4-5,7H2,1-3H3,(H2,13,14,15). The van der Waals surface area contributed by atoms with Crippen molar-refractivity contribution >= 4 is 23.4 Å². The molecule has 1 aromatic rings. The maximum absolute atomic E-state index is 6.07. The van der Waals surface area contributed by atoms with Gasteiger partial charge in [0, 0.05) is 13.1 Å². The van der Waals surface area contributed by atoms with E-state index in [1.54, 1.807) is 6.20 Å². The minimum atomic E-state index is 0.266. The zero-order valence-corrected chi connectivity index (χ0v) is 10.8. The predicted octanol–water partition coefficient (Wildman–Crippen LogP) is 2.58. The first-order chi connectivity index (χ1) is 7.58. The van der Waals surface area contributed by atoms with Crippen molar-refractivity contribution in [3.63, 3.8) is 0 Å².